The third-order valence-corrected chi connectivity index (χ3v) is 4.85. The smallest absolute Gasteiger partial charge is 0.316 e. The van der Waals surface area contributed by atoms with Gasteiger partial charge in [-0.3, -0.25) is 9.59 Å². The first kappa shape index (κ1) is 20.0. The standard InChI is InChI=1S/C22H25NO5/c1-22(14-26-2,15-27-3)21(25)28-13-12-23-18-10-6-4-8-16(18)20(24)17-9-5-7-11-19(17)23/h4-11H,12-15H2,1-3H3. The van der Waals surface area contributed by atoms with Gasteiger partial charge in [0.2, 0.25) is 0 Å². The van der Waals surface area contributed by atoms with Crippen LogP contribution in [0.5, 0.6) is 0 Å². The molecule has 0 aliphatic heterocycles. The van der Waals surface area contributed by atoms with E-state index in [0.29, 0.717) is 17.3 Å². The maximum atomic E-state index is 12.8. The van der Waals surface area contributed by atoms with Crippen molar-refractivity contribution >= 4 is 27.8 Å². The van der Waals surface area contributed by atoms with Gasteiger partial charge in [0.15, 0.2) is 5.43 Å². The number of aromatic nitrogens is 1. The van der Waals surface area contributed by atoms with Crippen LogP contribution in [0.15, 0.2) is 53.3 Å². The normalized spacial score (nSPS) is 11.8. The number of esters is 1. The third-order valence-electron chi connectivity index (χ3n) is 4.85. The predicted molar refractivity (Wildman–Crippen MR) is 109 cm³/mol. The van der Waals surface area contributed by atoms with Gasteiger partial charge in [-0.15, -0.1) is 0 Å². The highest BCUT2D eigenvalue weighted by Crippen LogP contribution is 2.21. The van der Waals surface area contributed by atoms with E-state index < -0.39 is 5.41 Å². The Bertz CT molecular complexity index is 974. The minimum atomic E-state index is -0.864. The first-order chi connectivity index (χ1) is 13.5. The Morgan fingerprint density at radius 3 is 1.93 bits per heavy atom. The van der Waals surface area contributed by atoms with Gasteiger partial charge in [0.1, 0.15) is 12.0 Å². The summed E-state index contributed by atoms with van der Waals surface area (Å²) in [5, 5.41) is 1.30. The van der Waals surface area contributed by atoms with Gasteiger partial charge >= 0.3 is 5.97 Å². The van der Waals surface area contributed by atoms with Gasteiger partial charge in [0.25, 0.3) is 0 Å². The van der Waals surface area contributed by atoms with Crippen LogP contribution in [0.1, 0.15) is 6.92 Å². The Morgan fingerprint density at radius 2 is 1.43 bits per heavy atom. The molecule has 1 aromatic heterocycles. The molecular formula is C22H25NO5. The molecule has 0 atom stereocenters. The highest BCUT2D eigenvalue weighted by atomic mass is 16.5. The maximum absolute atomic E-state index is 12.8. The minimum Gasteiger partial charge on any atom is -0.463 e. The number of ether oxygens (including phenoxy) is 3. The number of benzene rings is 2. The zero-order valence-electron chi connectivity index (χ0n) is 16.4. The molecule has 0 saturated heterocycles. The van der Waals surface area contributed by atoms with Gasteiger partial charge < -0.3 is 18.8 Å². The Balaban J connectivity index is 1.89. The summed E-state index contributed by atoms with van der Waals surface area (Å²) in [6.45, 7) is 2.79. The van der Waals surface area contributed by atoms with Gasteiger partial charge in [-0.2, -0.15) is 0 Å². The van der Waals surface area contributed by atoms with E-state index in [1.54, 1.807) is 21.1 Å². The van der Waals surface area contributed by atoms with Gasteiger partial charge in [0, 0.05) is 25.0 Å². The van der Waals surface area contributed by atoms with Crippen molar-refractivity contribution < 1.29 is 19.0 Å². The summed E-state index contributed by atoms with van der Waals surface area (Å²) in [4.78, 5) is 25.3. The molecule has 0 spiro atoms. The number of hydrogen-bond donors (Lipinski definition) is 0. The second-order valence-electron chi connectivity index (χ2n) is 7.08. The molecule has 6 heteroatoms. The number of carbonyl (C=O) groups excluding carboxylic acids is 1. The summed E-state index contributed by atoms with van der Waals surface area (Å²) in [5.41, 5.74) is 0.779. The summed E-state index contributed by atoms with van der Waals surface area (Å²) >= 11 is 0. The zero-order valence-corrected chi connectivity index (χ0v) is 16.4. The summed E-state index contributed by atoms with van der Waals surface area (Å²) in [7, 11) is 3.08. The fourth-order valence-corrected chi connectivity index (χ4v) is 3.52. The molecule has 1 heterocycles. The lowest BCUT2D eigenvalue weighted by Gasteiger charge is -2.25. The number of nitrogens with zero attached hydrogens (tertiary/aromatic N) is 1. The van der Waals surface area contributed by atoms with Gasteiger partial charge in [-0.05, 0) is 31.2 Å². The number of methoxy groups -OCH3 is 2. The van der Waals surface area contributed by atoms with Gasteiger partial charge in [0.05, 0.1) is 30.8 Å². The second-order valence-corrected chi connectivity index (χ2v) is 7.08. The monoisotopic (exact) mass is 383 g/mol. The van der Waals surface area contributed by atoms with Crippen LogP contribution in [0.4, 0.5) is 0 Å². The van der Waals surface area contributed by atoms with Crippen molar-refractivity contribution in [3.63, 3.8) is 0 Å². The van der Waals surface area contributed by atoms with Crippen molar-refractivity contribution in [1.29, 1.82) is 0 Å². The molecule has 0 N–H and O–H groups in total. The van der Waals surface area contributed by atoms with Crippen LogP contribution in [0.2, 0.25) is 0 Å². The summed E-state index contributed by atoms with van der Waals surface area (Å²) < 4.78 is 17.9. The molecule has 0 aliphatic carbocycles. The number of hydrogen-bond acceptors (Lipinski definition) is 5. The predicted octanol–water partition coefficient (Wildman–Crippen LogP) is 3.00. The number of para-hydroxylation sites is 2. The molecule has 148 valence electrons. The fraction of sp³-hybridized carbons (Fsp3) is 0.364. The van der Waals surface area contributed by atoms with E-state index in [2.05, 4.69) is 0 Å². The lowest BCUT2D eigenvalue weighted by molar-refractivity contribution is -0.162. The lowest BCUT2D eigenvalue weighted by Crippen LogP contribution is -2.39. The van der Waals surface area contributed by atoms with E-state index in [4.69, 9.17) is 14.2 Å². The Kier molecular flexibility index (Phi) is 6.11. The van der Waals surface area contributed by atoms with Crippen LogP contribution in [0.25, 0.3) is 21.8 Å². The van der Waals surface area contributed by atoms with Crippen LogP contribution in [-0.2, 0) is 25.5 Å². The van der Waals surface area contributed by atoms with Crippen LogP contribution >= 0.6 is 0 Å². The topological polar surface area (TPSA) is 66.8 Å². The first-order valence-electron chi connectivity index (χ1n) is 9.17. The van der Waals surface area contributed by atoms with E-state index in [-0.39, 0.29) is 31.2 Å². The molecule has 0 unspecified atom stereocenters. The minimum absolute atomic E-state index is 0.00668. The molecule has 6 nitrogen and oxygen atoms in total. The number of carbonyl (C=O) groups is 1. The molecule has 0 radical (unpaired) electrons. The number of rotatable bonds is 8. The van der Waals surface area contributed by atoms with Gasteiger partial charge in [-0.1, -0.05) is 24.3 Å². The van der Waals surface area contributed by atoms with Crippen LogP contribution in [-0.4, -0.2) is 44.6 Å². The van der Waals surface area contributed by atoms with Crippen molar-refractivity contribution in [2.24, 2.45) is 5.41 Å². The van der Waals surface area contributed by atoms with Crippen LogP contribution in [0.3, 0.4) is 0 Å². The maximum Gasteiger partial charge on any atom is 0.316 e. The molecular weight excluding hydrogens is 358 g/mol. The first-order valence-corrected chi connectivity index (χ1v) is 9.17. The molecule has 2 aromatic carbocycles. The number of pyridine rings is 1. The molecule has 0 fully saturated rings. The SMILES string of the molecule is COCC(C)(COC)C(=O)OCCn1c2ccccc2c(=O)c2ccccc21. The van der Waals surface area contributed by atoms with E-state index in [0.717, 1.165) is 11.0 Å². The third kappa shape index (κ3) is 3.79. The molecule has 0 aliphatic rings. The van der Waals surface area contributed by atoms with Crippen molar-refractivity contribution in [1.82, 2.24) is 4.57 Å². The quantitative estimate of drug-likeness (QED) is 0.442. The zero-order chi connectivity index (χ0) is 20.1. The van der Waals surface area contributed by atoms with Crippen molar-refractivity contribution in [3.8, 4) is 0 Å². The molecule has 0 saturated carbocycles. The number of fused-ring (bicyclic) bond motifs is 2. The molecule has 0 amide bonds. The van der Waals surface area contributed by atoms with E-state index in [9.17, 15) is 9.59 Å². The van der Waals surface area contributed by atoms with Crippen molar-refractivity contribution in [2.45, 2.75) is 13.5 Å². The second kappa shape index (κ2) is 8.54. The van der Waals surface area contributed by atoms with Crippen LogP contribution < -0.4 is 5.43 Å². The molecule has 28 heavy (non-hydrogen) atoms. The Morgan fingerprint density at radius 1 is 0.929 bits per heavy atom. The van der Waals surface area contributed by atoms with Gasteiger partial charge in [-0.25, -0.2) is 0 Å². The molecule has 0 bridgehead atoms. The van der Waals surface area contributed by atoms with E-state index in [1.165, 1.54) is 0 Å². The van der Waals surface area contributed by atoms with Crippen molar-refractivity contribution in [3.05, 3.63) is 58.8 Å². The van der Waals surface area contributed by atoms with Crippen LogP contribution in [0, 0.1) is 5.41 Å². The average Bonchev–Trinajstić information content (AvgIpc) is 2.70. The van der Waals surface area contributed by atoms with E-state index in [1.807, 2.05) is 53.1 Å². The molecule has 3 rings (SSSR count). The Labute approximate surface area is 163 Å². The fourth-order valence-electron chi connectivity index (χ4n) is 3.52. The van der Waals surface area contributed by atoms with Crippen molar-refractivity contribution in [2.75, 3.05) is 34.0 Å². The summed E-state index contributed by atoms with van der Waals surface area (Å²) in [6, 6.07) is 15.0. The largest absolute Gasteiger partial charge is 0.463 e. The summed E-state index contributed by atoms with van der Waals surface area (Å²) in [6.07, 6.45) is 0. The highest BCUT2D eigenvalue weighted by molar-refractivity contribution is 5.93. The van der Waals surface area contributed by atoms with E-state index >= 15 is 0 Å². The average molecular weight is 383 g/mol. The Hall–Kier alpha value is -2.70. The highest BCUT2D eigenvalue weighted by Gasteiger charge is 2.35. The summed E-state index contributed by atoms with van der Waals surface area (Å²) in [5.74, 6) is -0.370. The lowest BCUT2D eigenvalue weighted by atomic mass is 9.93. The molecule has 3 aromatic rings.